The number of imidazole rings is 1. The lowest BCUT2D eigenvalue weighted by molar-refractivity contribution is 0.415. The molecule has 3 nitrogen and oxygen atoms in total. The number of benzene rings is 1. The summed E-state index contributed by atoms with van der Waals surface area (Å²) >= 11 is 5.65. The lowest BCUT2D eigenvalue weighted by atomic mass is 10.3. The van der Waals surface area contributed by atoms with Crippen LogP contribution in [-0.2, 0) is 5.88 Å². The summed E-state index contributed by atoms with van der Waals surface area (Å²) in [6, 6.07) is 5.69. The molecule has 0 aliphatic carbocycles. The molecule has 0 saturated carbocycles. The summed E-state index contributed by atoms with van der Waals surface area (Å²) < 4.78 is 5.08. The number of ether oxygens (including phenoxy) is 1. The van der Waals surface area contributed by atoms with Crippen LogP contribution in [0, 0.1) is 0 Å². The van der Waals surface area contributed by atoms with Gasteiger partial charge in [-0.3, -0.25) is 0 Å². The van der Waals surface area contributed by atoms with Crippen molar-refractivity contribution in [3.8, 4) is 5.75 Å². The van der Waals surface area contributed by atoms with Crippen LogP contribution in [0.25, 0.3) is 11.0 Å². The van der Waals surface area contributed by atoms with E-state index in [1.165, 1.54) is 0 Å². The fraction of sp³-hybridized carbons (Fsp3) is 0.222. The zero-order valence-electron chi connectivity index (χ0n) is 7.17. The Hall–Kier alpha value is -1.22. The van der Waals surface area contributed by atoms with E-state index in [0.717, 1.165) is 22.6 Å². The third kappa shape index (κ3) is 1.47. The molecule has 4 heteroatoms. The second kappa shape index (κ2) is 3.26. The number of halogens is 1. The van der Waals surface area contributed by atoms with Gasteiger partial charge in [-0.05, 0) is 12.1 Å². The molecule has 2 rings (SSSR count). The first-order valence-corrected chi connectivity index (χ1v) is 4.45. The summed E-state index contributed by atoms with van der Waals surface area (Å²) in [5.41, 5.74) is 1.87. The van der Waals surface area contributed by atoms with Gasteiger partial charge in [0.15, 0.2) is 0 Å². The highest BCUT2D eigenvalue weighted by Crippen LogP contribution is 2.18. The van der Waals surface area contributed by atoms with Crippen LogP contribution in [0.2, 0.25) is 0 Å². The van der Waals surface area contributed by atoms with Crippen LogP contribution in [0.1, 0.15) is 5.82 Å². The number of fused-ring (bicyclic) bond motifs is 1. The number of rotatable bonds is 2. The van der Waals surface area contributed by atoms with Gasteiger partial charge in [-0.1, -0.05) is 0 Å². The van der Waals surface area contributed by atoms with Crippen molar-refractivity contribution in [3.05, 3.63) is 24.0 Å². The lowest BCUT2D eigenvalue weighted by Crippen LogP contribution is -1.81. The van der Waals surface area contributed by atoms with Crippen LogP contribution in [0.4, 0.5) is 0 Å². The zero-order valence-corrected chi connectivity index (χ0v) is 7.93. The van der Waals surface area contributed by atoms with Crippen molar-refractivity contribution >= 4 is 22.6 Å². The highest BCUT2D eigenvalue weighted by Gasteiger charge is 2.02. The molecule has 68 valence electrons. The maximum Gasteiger partial charge on any atom is 0.122 e. The van der Waals surface area contributed by atoms with Gasteiger partial charge in [-0.15, -0.1) is 11.6 Å². The Morgan fingerprint density at radius 3 is 3.08 bits per heavy atom. The van der Waals surface area contributed by atoms with Crippen molar-refractivity contribution in [1.29, 1.82) is 0 Å². The smallest absolute Gasteiger partial charge is 0.122 e. The summed E-state index contributed by atoms with van der Waals surface area (Å²) in [5, 5.41) is 0. The van der Waals surface area contributed by atoms with E-state index in [2.05, 4.69) is 9.97 Å². The molecule has 1 aromatic carbocycles. The number of aromatic amines is 1. The molecule has 13 heavy (non-hydrogen) atoms. The third-order valence-electron chi connectivity index (χ3n) is 1.87. The molecular formula is C9H9ClN2O. The lowest BCUT2D eigenvalue weighted by Gasteiger charge is -1.96. The van der Waals surface area contributed by atoms with Crippen molar-refractivity contribution in [2.75, 3.05) is 7.11 Å². The third-order valence-corrected chi connectivity index (χ3v) is 2.12. The van der Waals surface area contributed by atoms with Gasteiger partial charge in [0, 0.05) is 6.07 Å². The number of nitrogens with zero attached hydrogens (tertiary/aromatic N) is 1. The fourth-order valence-electron chi connectivity index (χ4n) is 1.23. The van der Waals surface area contributed by atoms with Crippen LogP contribution < -0.4 is 4.74 Å². The first kappa shape index (κ1) is 8.38. The molecule has 0 spiro atoms. The number of methoxy groups -OCH3 is 1. The van der Waals surface area contributed by atoms with Gasteiger partial charge in [0.25, 0.3) is 0 Å². The summed E-state index contributed by atoms with van der Waals surface area (Å²) in [4.78, 5) is 7.37. The van der Waals surface area contributed by atoms with Gasteiger partial charge in [-0.25, -0.2) is 4.98 Å². The molecule has 0 amide bonds. The molecule has 0 aliphatic rings. The Bertz CT molecular complexity index is 422. The van der Waals surface area contributed by atoms with E-state index < -0.39 is 0 Å². The van der Waals surface area contributed by atoms with E-state index in [9.17, 15) is 0 Å². The minimum Gasteiger partial charge on any atom is -0.497 e. The van der Waals surface area contributed by atoms with E-state index >= 15 is 0 Å². The van der Waals surface area contributed by atoms with Gasteiger partial charge in [0.05, 0.1) is 24.0 Å². The Kier molecular flexibility index (Phi) is 2.10. The first-order valence-electron chi connectivity index (χ1n) is 3.92. The van der Waals surface area contributed by atoms with Crippen molar-refractivity contribution in [3.63, 3.8) is 0 Å². The van der Waals surface area contributed by atoms with Gasteiger partial charge < -0.3 is 9.72 Å². The van der Waals surface area contributed by atoms with E-state index in [4.69, 9.17) is 16.3 Å². The van der Waals surface area contributed by atoms with Crippen molar-refractivity contribution in [2.24, 2.45) is 0 Å². The molecule has 2 aromatic rings. The summed E-state index contributed by atoms with van der Waals surface area (Å²) in [5.74, 6) is 1.99. The summed E-state index contributed by atoms with van der Waals surface area (Å²) in [6.07, 6.45) is 0. The quantitative estimate of drug-likeness (QED) is 0.749. The minimum absolute atomic E-state index is 0.400. The van der Waals surface area contributed by atoms with E-state index in [-0.39, 0.29) is 0 Å². The van der Waals surface area contributed by atoms with Crippen molar-refractivity contribution in [1.82, 2.24) is 9.97 Å². The van der Waals surface area contributed by atoms with Crippen LogP contribution in [0.3, 0.4) is 0 Å². The molecular weight excluding hydrogens is 188 g/mol. The maximum absolute atomic E-state index is 5.65. The van der Waals surface area contributed by atoms with Gasteiger partial charge in [0.1, 0.15) is 11.6 Å². The predicted molar refractivity (Wildman–Crippen MR) is 52.2 cm³/mol. The Morgan fingerprint density at radius 2 is 2.38 bits per heavy atom. The number of hydrogen-bond acceptors (Lipinski definition) is 2. The molecule has 0 radical (unpaired) electrons. The normalized spacial score (nSPS) is 10.6. The molecule has 1 N–H and O–H groups in total. The Morgan fingerprint density at radius 1 is 1.54 bits per heavy atom. The van der Waals surface area contributed by atoms with Crippen LogP contribution >= 0.6 is 11.6 Å². The zero-order chi connectivity index (χ0) is 9.26. The number of aromatic nitrogens is 2. The molecule has 1 heterocycles. The number of alkyl halides is 1. The highest BCUT2D eigenvalue weighted by molar-refractivity contribution is 6.16. The van der Waals surface area contributed by atoms with Crippen LogP contribution in [-0.4, -0.2) is 17.1 Å². The number of nitrogens with one attached hydrogen (secondary N) is 1. The highest BCUT2D eigenvalue weighted by atomic mass is 35.5. The molecule has 0 saturated heterocycles. The average Bonchev–Trinajstić information content (AvgIpc) is 2.58. The van der Waals surface area contributed by atoms with E-state index in [1.807, 2.05) is 18.2 Å². The molecule has 0 bridgehead atoms. The monoisotopic (exact) mass is 196 g/mol. The largest absolute Gasteiger partial charge is 0.497 e. The van der Waals surface area contributed by atoms with Crippen molar-refractivity contribution < 1.29 is 4.74 Å². The fourth-order valence-corrected chi connectivity index (χ4v) is 1.36. The first-order chi connectivity index (χ1) is 6.33. The minimum atomic E-state index is 0.400. The molecule has 0 aliphatic heterocycles. The molecule has 0 atom stereocenters. The molecule has 1 aromatic heterocycles. The van der Waals surface area contributed by atoms with Crippen molar-refractivity contribution in [2.45, 2.75) is 5.88 Å². The average molecular weight is 197 g/mol. The number of H-pyrrole nitrogens is 1. The van der Waals surface area contributed by atoms with Gasteiger partial charge >= 0.3 is 0 Å². The summed E-state index contributed by atoms with van der Waals surface area (Å²) in [6.45, 7) is 0. The predicted octanol–water partition coefficient (Wildman–Crippen LogP) is 2.31. The topological polar surface area (TPSA) is 37.9 Å². The molecule has 0 unspecified atom stereocenters. The van der Waals surface area contributed by atoms with Crippen LogP contribution in [0.15, 0.2) is 18.2 Å². The second-order valence-corrected chi connectivity index (χ2v) is 2.97. The Labute approximate surface area is 80.7 Å². The summed E-state index contributed by atoms with van der Waals surface area (Å²) in [7, 11) is 1.64. The Balaban J connectivity index is 2.57. The molecule has 0 fully saturated rings. The SMILES string of the molecule is COc1ccc2[nH]c(CCl)nc2c1. The van der Waals surface area contributed by atoms with Crippen LogP contribution in [0.5, 0.6) is 5.75 Å². The van der Waals surface area contributed by atoms with Gasteiger partial charge in [-0.2, -0.15) is 0 Å². The van der Waals surface area contributed by atoms with E-state index in [1.54, 1.807) is 7.11 Å². The van der Waals surface area contributed by atoms with E-state index in [0.29, 0.717) is 5.88 Å². The number of hydrogen-bond donors (Lipinski definition) is 1. The maximum atomic E-state index is 5.65. The van der Waals surface area contributed by atoms with Gasteiger partial charge in [0.2, 0.25) is 0 Å². The standard InChI is InChI=1S/C9H9ClN2O/c1-13-6-2-3-7-8(4-6)12-9(5-10)11-7/h2-4H,5H2,1H3,(H,11,12). The second-order valence-electron chi connectivity index (χ2n) is 2.70.